The summed E-state index contributed by atoms with van der Waals surface area (Å²) in [4.78, 5) is 4.71. The Morgan fingerprint density at radius 3 is 2.64 bits per heavy atom. The van der Waals surface area contributed by atoms with Crippen molar-refractivity contribution in [1.82, 2.24) is 4.98 Å². The lowest BCUT2D eigenvalue weighted by atomic mass is 10.1. The van der Waals surface area contributed by atoms with Crippen LogP contribution in [0, 0.1) is 29.6 Å². The Morgan fingerprint density at radius 1 is 1.20 bits per heavy atom. The lowest BCUT2D eigenvalue weighted by Crippen LogP contribution is -2.17. The fourth-order valence-corrected chi connectivity index (χ4v) is 4.26. The summed E-state index contributed by atoms with van der Waals surface area (Å²) in [5.74, 6) is 0.771. The first kappa shape index (κ1) is 18.8. The molecule has 2 rings (SSSR count). The van der Waals surface area contributed by atoms with E-state index in [2.05, 4.69) is 9.71 Å². The molecule has 0 fully saturated rings. The molecule has 1 aromatic carbocycles. The molecule has 0 bridgehead atoms. The van der Waals surface area contributed by atoms with Crippen molar-refractivity contribution in [3.8, 4) is 12.1 Å². The van der Waals surface area contributed by atoms with E-state index in [0.717, 1.165) is 5.56 Å². The number of sulfonamides is 1. The van der Waals surface area contributed by atoms with Gasteiger partial charge in [-0.15, -0.1) is 11.8 Å². The highest BCUT2D eigenvalue weighted by molar-refractivity contribution is 7.99. The molecular formula is C17H16N4O2S2. The minimum atomic E-state index is -3.47. The molecule has 0 aliphatic heterocycles. The number of nitriles is 2. The van der Waals surface area contributed by atoms with Crippen molar-refractivity contribution in [2.75, 3.05) is 16.2 Å². The summed E-state index contributed by atoms with van der Waals surface area (Å²) in [5.41, 5.74) is 1.61. The predicted octanol–water partition coefficient (Wildman–Crippen LogP) is 3.06. The molecule has 25 heavy (non-hydrogen) atoms. The number of hydrogen-bond donors (Lipinski definition) is 1. The van der Waals surface area contributed by atoms with E-state index in [0.29, 0.717) is 34.0 Å². The monoisotopic (exact) mass is 372 g/mol. The van der Waals surface area contributed by atoms with Crippen molar-refractivity contribution in [2.24, 2.45) is 0 Å². The van der Waals surface area contributed by atoms with Gasteiger partial charge in [-0.2, -0.15) is 10.5 Å². The topological polar surface area (TPSA) is 107 Å². The van der Waals surface area contributed by atoms with Crippen molar-refractivity contribution in [3.05, 3.63) is 53.2 Å². The van der Waals surface area contributed by atoms with E-state index in [9.17, 15) is 13.7 Å². The summed E-state index contributed by atoms with van der Waals surface area (Å²) in [6.45, 7) is 1.87. The standard InChI is InChI=1S/C17H16N4O2S2/c1-13-6-7-17(20-12-13)21-25(22,23)9-3-8-24-16-5-2-4-14(10-18)15(16)11-19/h2,4-7,12H,3,8-9H2,1H3,(H,20,21). The van der Waals surface area contributed by atoms with Gasteiger partial charge in [0.25, 0.3) is 0 Å². The number of anilines is 1. The molecule has 0 aliphatic carbocycles. The fourth-order valence-electron chi connectivity index (χ4n) is 2.03. The van der Waals surface area contributed by atoms with Gasteiger partial charge in [-0.05, 0) is 42.9 Å². The van der Waals surface area contributed by atoms with Gasteiger partial charge in [0.1, 0.15) is 18.0 Å². The number of rotatable bonds is 7. The normalized spacial score (nSPS) is 10.7. The van der Waals surface area contributed by atoms with Gasteiger partial charge < -0.3 is 0 Å². The van der Waals surface area contributed by atoms with E-state index in [-0.39, 0.29) is 5.75 Å². The van der Waals surface area contributed by atoms with Crippen LogP contribution in [0.5, 0.6) is 0 Å². The summed E-state index contributed by atoms with van der Waals surface area (Å²) in [7, 11) is -3.47. The summed E-state index contributed by atoms with van der Waals surface area (Å²) in [5, 5.41) is 18.2. The highest BCUT2D eigenvalue weighted by Gasteiger charge is 2.12. The molecule has 1 aromatic heterocycles. The van der Waals surface area contributed by atoms with Crippen LogP contribution in [-0.2, 0) is 10.0 Å². The van der Waals surface area contributed by atoms with Crippen LogP contribution in [0.2, 0.25) is 0 Å². The van der Waals surface area contributed by atoms with Crippen LogP contribution in [0.1, 0.15) is 23.1 Å². The Labute approximate surface area is 151 Å². The average molecular weight is 372 g/mol. The van der Waals surface area contributed by atoms with Crippen LogP contribution < -0.4 is 4.72 Å². The average Bonchev–Trinajstić information content (AvgIpc) is 2.60. The number of pyridine rings is 1. The Balaban J connectivity index is 1.90. The molecule has 0 atom stereocenters. The molecule has 0 aliphatic rings. The molecular weight excluding hydrogens is 356 g/mol. The Bertz CT molecular complexity index is 927. The minimum absolute atomic E-state index is 0.0462. The number of nitrogens with one attached hydrogen (secondary N) is 1. The molecule has 8 heteroatoms. The van der Waals surface area contributed by atoms with Gasteiger partial charge in [0, 0.05) is 11.1 Å². The number of hydrogen-bond acceptors (Lipinski definition) is 6. The van der Waals surface area contributed by atoms with E-state index < -0.39 is 10.0 Å². The Hall–Kier alpha value is -2.55. The fraction of sp³-hybridized carbons (Fsp3) is 0.235. The summed E-state index contributed by atoms with van der Waals surface area (Å²) in [6, 6.07) is 12.5. The second kappa shape index (κ2) is 8.52. The molecule has 0 saturated heterocycles. The van der Waals surface area contributed by atoms with Crippen LogP contribution in [0.4, 0.5) is 5.82 Å². The van der Waals surface area contributed by atoms with Crippen molar-refractivity contribution < 1.29 is 8.42 Å². The van der Waals surface area contributed by atoms with E-state index >= 15 is 0 Å². The lowest BCUT2D eigenvalue weighted by Gasteiger charge is -2.08. The number of aromatic nitrogens is 1. The second-order valence-electron chi connectivity index (χ2n) is 5.25. The molecule has 1 heterocycles. The molecule has 6 nitrogen and oxygen atoms in total. The molecule has 0 spiro atoms. The molecule has 0 radical (unpaired) electrons. The van der Waals surface area contributed by atoms with E-state index in [4.69, 9.17) is 5.26 Å². The smallest absolute Gasteiger partial charge is 0.233 e. The van der Waals surface area contributed by atoms with Crippen LogP contribution in [0.15, 0.2) is 41.4 Å². The first-order chi connectivity index (χ1) is 11.9. The van der Waals surface area contributed by atoms with Crippen LogP contribution in [0.25, 0.3) is 0 Å². The number of thioether (sulfide) groups is 1. The Kier molecular flexibility index (Phi) is 6.40. The third kappa shape index (κ3) is 5.49. The van der Waals surface area contributed by atoms with Gasteiger partial charge in [-0.25, -0.2) is 13.4 Å². The lowest BCUT2D eigenvalue weighted by molar-refractivity contribution is 0.600. The number of nitrogens with zero attached hydrogens (tertiary/aromatic N) is 3. The molecule has 0 unspecified atom stereocenters. The zero-order chi connectivity index (χ0) is 18.3. The molecule has 2 aromatic rings. The zero-order valence-electron chi connectivity index (χ0n) is 13.6. The van der Waals surface area contributed by atoms with Gasteiger partial charge in [0.05, 0.1) is 16.9 Å². The van der Waals surface area contributed by atoms with Gasteiger partial charge in [0.2, 0.25) is 10.0 Å². The maximum Gasteiger partial charge on any atom is 0.233 e. The predicted molar refractivity (Wildman–Crippen MR) is 97.6 cm³/mol. The highest BCUT2D eigenvalue weighted by Crippen LogP contribution is 2.25. The number of benzene rings is 1. The van der Waals surface area contributed by atoms with Gasteiger partial charge in [-0.1, -0.05) is 12.1 Å². The molecule has 0 amide bonds. The van der Waals surface area contributed by atoms with Gasteiger partial charge >= 0.3 is 0 Å². The first-order valence-corrected chi connectivity index (χ1v) is 10.1. The van der Waals surface area contributed by atoms with Crippen molar-refractivity contribution >= 4 is 27.6 Å². The van der Waals surface area contributed by atoms with Crippen molar-refractivity contribution in [1.29, 1.82) is 10.5 Å². The largest absolute Gasteiger partial charge is 0.267 e. The molecule has 1 N–H and O–H groups in total. The van der Waals surface area contributed by atoms with Gasteiger partial charge in [0.15, 0.2) is 0 Å². The highest BCUT2D eigenvalue weighted by atomic mass is 32.2. The second-order valence-corrected chi connectivity index (χ2v) is 8.22. The molecule has 128 valence electrons. The third-order valence-corrected chi connectivity index (χ3v) is 5.74. The van der Waals surface area contributed by atoms with Crippen molar-refractivity contribution in [3.63, 3.8) is 0 Å². The number of aryl methyl sites for hydroxylation is 1. The van der Waals surface area contributed by atoms with Crippen molar-refractivity contribution in [2.45, 2.75) is 18.2 Å². The zero-order valence-corrected chi connectivity index (χ0v) is 15.2. The summed E-state index contributed by atoms with van der Waals surface area (Å²) >= 11 is 1.37. The summed E-state index contributed by atoms with van der Waals surface area (Å²) < 4.78 is 26.6. The maximum atomic E-state index is 12.1. The van der Waals surface area contributed by atoms with E-state index in [1.165, 1.54) is 11.8 Å². The molecule has 0 saturated carbocycles. The van der Waals surface area contributed by atoms with Crippen LogP contribution in [0.3, 0.4) is 0 Å². The minimum Gasteiger partial charge on any atom is -0.267 e. The first-order valence-electron chi connectivity index (χ1n) is 7.44. The van der Waals surface area contributed by atoms with Crippen LogP contribution >= 0.6 is 11.8 Å². The van der Waals surface area contributed by atoms with Gasteiger partial charge in [-0.3, -0.25) is 4.72 Å². The SMILES string of the molecule is Cc1ccc(NS(=O)(=O)CCCSc2cccc(C#N)c2C#N)nc1. The van der Waals surface area contributed by atoms with E-state index in [1.807, 2.05) is 19.1 Å². The maximum absolute atomic E-state index is 12.1. The quantitative estimate of drug-likeness (QED) is 0.591. The van der Waals surface area contributed by atoms with Crippen LogP contribution in [-0.4, -0.2) is 24.9 Å². The van der Waals surface area contributed by atoms with E-state index in [1.54, 1.807) is 36.5 Å². The third-order valence-electron chi connectivity index (χ3n) is 3.24. The Morgan fingerprint density at radius 2 is 2.00 bits per heavy atom. The summed E-state index contributed by atoms with van der Waals surface area (Å²) in [6.07, 6.45) is 2.01.